The minimum Gasteiger partial charge on any atom is -0.480 e. The summed E-state index contributed by atoms with van der Waals surface area (Å²) >= 11 is 0. The average Bonchev–Trinajstić information content (AvgIpc) is 2.47. The predicted molar refractivity (Wildman–Crippen MR) is 45.6 cm³/mol. The van der Waals surface area contributed by atoms with Gasteiger partial charge in [-0.15, -0.1) is 0 Å². The molecule has 0 aliphatic rings. The molecule has 1 aromatic heterocycles. The minimum atomic E-state index is -4.68. The third-order valence-corrected chi connectivity index (χ3v) is 1.86. The summed E-state index contributed by atoms with van der Waals surface area (Å²) in [6.07, 6.45) is -5.01. The van der Waals surface area contributed by atoms with Crippen LogP contribution in [0.3, 0.4) is 0 Å². The van der Waals surface area contributed by atoms with Gasteiger partial charge in [-0.1, -0.05) is 0 Å². The molecule has 0 saturated carbocycles. The number of aryl methyl sites for hydroxylation is 1. The molecule has 0 bridgehead atoms. The smallest absolute Gasteiger partial charge is 0.468 e. The molecule has 1 heterocycles. The molecule has 0 fully saturated rings. The van der Waals surface area contributed by atoms with Gasteiger partial charge in [0.05, 0.1) is 5.69 Å². The van der Waals surface area contributed by atoms with Crippen molar-refractivity contribution in [1.29, 1.82) is 0 Å². The standard InChI is InChI=1S/C8H9F3N2O3/c1-3-5(2-4(12)6(14)15)16-7(13-3)8(9,10)11/h4H,2,12H2,1H3,(H,14,15). The van der Waals surface area contributed by atoms with Gasteiger partial charge >= 0.3 is 18.0 Å². The van der Waals surface area contributed by atoms with Crippen LogP contribution >= 0.6 is 0 Å². The first-order valence-electron chi connectivity index (χ1n) is 4.23. The summed E-state index contributed by atoms with van der Waals surface area (Å²) in [7, 11) is 0. The van der Waals surface area contributed by atoms with Crippen molar-refractivity contribution in [2.45, 2.75) is 25.6 Å². The quantitative estimate of drug-likeness (QED) is 0.818. The molecule has 0 aromatic carbocycles. The third kappa shape index (κ3) is 2.72. The van der Waals surface area contributed by atoms with Crippen LogP contribution in [0.15, 0.2) is 4.42 Å². The fourth-order valence-electron chi connectivity index (χ4n) is 1.03. The Kier molecular flexibility index (Phi) is 3.22. The number of aliphatic carboxylic acids is 1. The third-order valence-electron chi connectivity index (χ3n) is 1.86. The van der Waals surface area contributed by atoms with E-state index in [0.29, 0.717) is 0 Å². The second kappa shape index (κ2) is 4.12. The SMILES string of the molecule is Cc1nc(C(F)(F)F)oc1CC(N)C(=O)O. The van der Waals surface area contributed by atoms with Gasteiger partial charge in [0.2, 0.25) is 0 Å². The zero-order valence-corrected chi connectivity index (χ0v) is 8.21. The Morgan fingerprint density at radius 2 is 2.19 bits per heavy atom. The van der Waals surface area contributed by atoms with Crippen molar-refractivity contribution in [1.82, 2.24) is 4.98 Å². The number of alkyl halides is 3. The van der Waals surface area contributed by atoms with Crippen LogP contribution < -0.4 is 5.73 Å². The molecular formula is C8H9F3N2O3. The lowest BCUT2D eigenvalue weighted by Gasteiger charge is -2.03. The number of carbonyl (C=O) groups is 1. The van der Waals surface area contributed by atoms with Crippen LogP contribution in [0.25, 0.3) is 0 Å². The summed E-state index contributed by atoms with van der Waals surface area (Å²) < 4.78 is 40.9. The second-order valence-electron chi connectivity index (χ2n) is 3.17. The van der Waals surface area contributed by atoms with E-state index in [4.69, 9.17) is 10.8 Å². The Morgan fingerprint density at radius 1 is 1.62 bits per heavy atom. The molecule has 0 aliphatic carbocycles. The van der Waals surface area contributed by atoms with Gasteiger partial charge in [-0.05, 0) is 6.92 Å². The van der Waals surface area contributed by atoms with Crippen molar-refractivity contribution in [3.63, 3.8) is 0 Å². The van der Waals surface area contributed by atoms with Crippen LogP contribution in [0, 0.1) is 6.92 Å². The van der Waals surface area contributed by atoms with Gasteiger partial charge < -0.3 is 15.3 Å². The highest BCUT2D eigenvalue weighted by Crippen LogP contribution is 2.30. The molecule has 0 saturated heterocycles. The van der Waals surface area contributed by atoms with E-state index >= 15 is 0 Å². The molecule has 0 spiro atoms. The Balaban J connectivity index is 2.91. The maximum atomic E-state index is 12.2. The molecule has 0 aliphatic heterocycles. The largest absolute Gasteiger partial charge is 0.480 e. The van der Waals surface area contributed by atoms with Crippen molar-refractivity contribution < 1.29 is 27.5 Å². The van der Waals surface area contributed by atoms with E-state index in [-0.39, 0.29) is 17.9 Å². The van der Waals surface area contributed by atoms with Crippen molar-refractivity contribution >= 4 is 5.97 Å². The van der Waals surface area contributed by atoms with Gasteiger partial charge in [0.25, 0.3) is 0 Å². The number of rotatable bonds is 3. The van der Waals surface area contributed by atoms with Crippen molar-refractivity contribution in [2.75, 3.05) is 0 Å². The first-order valence-corrected chi connectivity index (χ1v) is 4.23. The number of nitrogens with zero attached hydrogens (tertiary/aromatic N) is 1. The van der Waals surface area contributed by atoms with Crippen LogP contribution in [0.2, 0.25) is 0 Å². The van der Waals surface area contributed by atoms with Gasteiger partial charge in [0, 0.05) is 6.42 Å². The summed E-state index contributed by atoms with van der Waals surface area (Å²) in [5.74, 6) is -2.87. The Morgan fingerprint density at radius 3 is 2.56 bits per heavy atom. The van der Waals surface area contributed by atoms with E-state index in [0.717, 1.165) is 0 Å². The number of halogens is 3. The number of nitrogens with two attached hydrogens (primary N) is 1. The second-order valence-corrected chi connectivity index (χ2v) is 3.17. The molecule has 0 radical (unpaired) electrons. The minimum absolute atomic E-state index is 0.0102. The predicted octanol–water partition coefficient (Wildman–Crippen LogP) is 0.956. The van der Waals surface area contributed by atoms with Crippen LogP contribution in [0.5, 0.6) is 0 Å². The molecule has 1 unspecified atom stereocenters. The van der Waals surface area contributed by atoms with E-state index in [1.165, 1.54) is 6.92 Å². The van der Waals surface area contributed by atoms with Crippen LogP contribution in [0.4, 0.5) is 13.2 Å². The number of hydrogen-bond acceptors (Lipinski definition) is 4. The van der Waals surface area contributed by atoms with E-state index < -0.39 is 24.1 Å². The molecule has 1 rings (SSSR count). The van der Waals surface area contributed by atoms with Crippen molar-refractivity contribution in [3.8, 4) is 0 Å². The van der Waals surface area contributed by atoms with E-state index in [2.05, 4.69) is 9.40 Å². The number of hydrogen-bond donors (Lipinski definition) is 2. The fraction of sp³-hybridized carbons (Fsp3) is 0.500. The summed E-state index contributed by atoms with van der Waals surface area (Å²) in [4.78, 5) is 13.6. The summed E-state index contributed by atoms with van der Waals surface area (Å²) in [6.45, 7) is 1.29. The zero-order chi connectivity index (χ0) is 12.5. The van der Waals surface area contributed by atoms with E-state index in [9.17, 15) is 18.0 Å². The highest BCUT2D eigenvalue weighted by Gasteiger charge is 2.38. The molecular weight excluding hydrogens is 229 g/mol. The summed E-state index contributed by atoms with van der Waals surface area (Å²) in [6, 6.07) is -1.31. The number of carboxylic acid groups (broad SMARTS) is 1. The number of oxazole rings is 1. The van der Waals surface area contributed by atoms with E-state index in [1.807, 2.05) is 0 Å². The normalized spacial score (nSPS) is 13.8. The number of aromatic nitrogens is 1. The molecule has 1 aromatic rings. The van der Waals surface area contributed by atoms with Crippen LogP contribution in [-0.2, 0) is 17.4 Å². The first kappa shape index (κ1) is 12.5. The summed E-state index contributed by atoms with van der Waals surface area (Å²) in [5.41, 5.74) is 5.16. The maximum Gasteiger partial charge on any atom is 0.468 e. The molecule has 8 heteroatoms. The molecule has 1 atom stereocenters. The van der Waals surface area contributed by atoms with Crippen LogP contribution in [0.1, 0.15) is 17.3 Å². The Labute approximate surface area is 88.1 Å². The van der Waals surface area contributed by atoms with Gasteiger partial charge in [0.1, 0.15) is 11.8 Å². The molecule has 90 valence electrons. The monoisotopic (exact) mass is 238 g/mol. The lowest BCUT2D eigenvalue weighted by atomic mass is 10.1. The van der Waals surface area contributed by atoms with Gasteiger partial charge in [-0.25, -0.2) is 4.98 Å². The van der Waals surface area contributed by atoms with Gasteiger partial charge in [0.15, 0.2) is 0 Å². The molecule has 0 amide bonds. The first-order chi connectivity index (χ1) is 7.21. The van der Waals surface area contributed by atoms with Crippen molar-refractivity contribution in [3.05, 3.63) is 17.3 Å². The highest BCUT2D eigenvalue weighted by atomic mass is 19.4. The Hall–Kier alpha value is -1.57. The van der Waals surface area contributed by atoms with E-state index in [1.54, 1.807) is 0 Å². The number of carboxylic acids is 1. The van der Waals surface area contributed by atoms with Crippen LogP contribution in [-0.4, -0.2) is 22.1 Å². The topological polar surface area (TPSA) is 89.4 Å². The Bertz CT molecular complexity index is 400. The summed E-state index contributed by atoms with van der Waals surface area (Å²) in [5, 5.41) is 8.49. The average molecular weight is 238 g/mol. The van der Waals surface area contributed by atoms with Crippen molar-refractivity contribution in [2.24, 2.45) is 5.73 Å². The lowest BCUT2D eigenvalue weighted by Crippen LogP contribution is -2.32. The van der Waals surface area contributed by atoms with Gasteiger partial charge in [-0.3, -0.25) is 4.79 Å². The molecule has 3 N–H and O–H groups in total. The molecule has 16 heavy (non-hydrogen) atoms. The van der Waals surface area contributed by atoms with Gasteiger partial charge in [-0.2, -0.15) is 13.2 Å². The zero-order valence-electron chi connectivity index (χ0n) is 8.21. The fourth-order valence-corrected chi connectivity index (χ4v) is 1.03. The maximum absolute atomic E-state index is 12.2. The molecule has 5 nitrogen and oxygen atoms in total. The lowest BCUT2D eigenvalue weighted by molar-refractivity contribution is -0.157. The highest BCUT2D eigenvalue weighted by molar-refractivity contribution is 5.73.